The smallest absolute Gasteiger partial charge is 0.0209 e. The van der Waals surface area contributed by atoms with Gasteiger partial charge in [0.05, 0.1) is 0 Å². The Kier molecular flexibility index (Phi) is 3.21. The quantitative estimate of drug-likeness (QED) is 0.768. The van der Waals surface area contributed by atoms with E-state index in [-0.39, 0.29) is 0 Å². The molecule has 2 aliphatic carbocycles. The largest absolute Gasteiger partial charge is 0.310 e. The van der Waals surface area contributed by atoms with Crippen molar-refractivity contribution in [3.05, 3.63) is 0 Å². The molecular formula is C14H26N2. The molecule has 1 heterocycles. The van der Waals surface area contributed by atoms with Crippen molar-refractivity contribution in [3.63, 3.8) is 0 Å². The van der Waals surface area contributed by atoms with Gasteiger partial charge in [0.1, 0.15) is 0 Å². The normalized spacial score (nSPS) is 33.9. The van der Waals surface area contributed by atoms with E-state index in [1.54, 1.807) is 0 Å². The summed E-state index contributed by atoms with van der Waals surface area (Å²) in [4.78, 5) is 2.70. The Morgan fingerprint density at radius 3 is 2.62 bits per heavy atom. The van der Waals surface area contributed by atoms with Crippen LogP contribution in [0.2, 0.25) is 0 Å². The molecular weight excluding hydrogens is 196 g/mol. The molecule has 2 atom stereocenters. The van der Waals surface area contributed by atoms with Crippen LogP contribution in [0.5, 0.6) is 0 Å². The lowest BCUT2D eigenvalue weighted by atomic mass is 9.81. The van der Waals surface area contributed by atoms with Gasteiger partial charge in [0.25, 0.3) is 0 Å². The molecule has 16 heavy (non-hydrogen) atoms. The third-order valence-corrected chi connectivity index (χ3v) is 4.71. The van der Waals surface area contributed by atoms with Crippen molar-refractivity contribution in [2.75, 3.05) is 13.1 Å². The summed E-state index contributed by atoms with van der Waals surface area (Å²) < 4.78 is 0. The maximum absolute atomic E-state index is 3.85. The fraction of sp³-hybridized carbons (Fsp3) is 1.00. The monoisotopic (exact) mass is 222 g/mol. The molecule has 3 fully saturated rings. The third kappa shape index (κ3) is 2.60. The van der Waals surface area contributed by atoms with Gasteiger partial charge in [0, 0.05) is 31.2 Å². The summed E-state index contributed by atoms with van der Waals surface area (Å²) in [5.41, 5.74) is 0. The van der Waals surface area contributed by atoms with E-state index in [2.05, 4.69) is 17.1 Å². The molecule has 2 nitrogen and oxygen atoms in total. The first kappa shape index (κ1) is 11.0. The van der Waals surface area contributed by atoms with Crippen molar-refractivity contribution in [1.82, 2.24) is 10.2 Å². The van der Waals surface area contributed by atoms with Crippen molar-refractivity contribution < 1.29 is 0 Å². The van der Waals surface area contributed by atoms with Crippen LogP contribution >= 0.6 is 0 Å². The SMILES string of the molecule is CC(CC1CCC1)NC1CCN(C2CC2)C1. The zero-order valence-electron chi connectivity index (χ0n) is 10.6. The van der Waals surface area contributed by atoms with Crippen molar-refractivity contribution in [3.8, 4) is 0 Å². The van der Waals surface area contributed by atoms with Gasteiger partial charge in [-0.05, 0) is 38.5 Å². The Bertz CT molecular complexity index is 233. The molecule has 3 rings (SSSR count). The topological polar surface area (TPSA) is 15.3 Å². The van der Waals surface area contributed by atoms with E-state index in [4.69, 9.17) is 0 Å². The molecule has 0 aromatic rings. The maximum atomic E-state index is 3.85. The van der Waals surface area contributed by atoms with Gasteiger partial charge in [0.15, 0.2) is 0 Å². The Labute approximate surface area is 99.8 Å². The van der Waals surface area contributed by atoms with E-state index in [1.807, 2.05) is 0 Å². The Morgan fingerprint density at radius 1 is 1.19 bits per heavy atom. The number of nitrogens with zero attached hydrogens (tertiary/aromatic N) is 1. The fourth-order valence-electron chi connectivity index (χ4n) is 3.39. The third-order valence-electron chi connectivity index (χ3n) is 4.71. The van der Waals surface area contributed by atoms with Gasteiger partial charge in [0.2, 0.25) is 0 Å². The Morgan fingerprint density at radius 2 is 2.00 bits per heavy atom. The van der Waals surface area contributed by atoms with E-state index in [0.717, 1.165) is 24.0 Å². The Balaban J connectivity index is 1.37. The van der Waals surface area contributed by atoms with E-state index >= 15 is 0 Å². The van der Waals surface area contributed by atoms with Gasteiger partial charge in [-0.2, -0.15) is 0 Å². The van der Waals surface area contributed by atoms with Crippen molar-refractivity contribution in [1.29, 1.82) is 0 Å². The highest BCUT2D eigenvalue weighted by Crippen LogP contribution is 2.32. The van der Waals surface area contributed by atoms with Crippen molar-refractivity contribution in [2.24, 2.45) is 5.92 Å². The molecule has 1 saturated heterocycles. The van der Waals surface area contributed by atoms with Crippen LogP contribution in [0.25, 0.3) is 0 Å². The average molecular weight is 222 g/mol. The molecule has 3 aliphatic rings. The van der Waals surface area contributed by atoms with E-state index in [9.17, 15) is 0 Å². The first-order valence-corrected chi connectivity index (χ1v) is 7.31. The molecule has 2 heteroatoms. The Hall–Kier alpha value is -0.0800. The minimum absolute atomic E-state index is 0.745. The van der Waals surface area contributed by atoms with Gasteiger partial charge < -0.3 is 5.32 Å². The molecule has 2 saturated carbocycles. The number of likely N-dealkylation sites (tertiary alicyclic amines) is 1. The molecule has 92 valence electrons. The number of rotatable bonds is 5. The minimum atomic E-state index is 0.745. The fourth-order valence-corrected chi connectivity index (χ4v) is 3.39. The second-order valence-electron chi connectivity index (χ2n) is 6.31. The van der Waals surface area contributed by atoms with E-state index < -0.39 is 0 Å². The summed E-state index contributed by atoms with van der Waals surface area (Å²) in [5, 5.41) is 3.85. The summed E-state index contributed by atoms with van der Waals surface area (Å²) >= 11 is 0. The summed E-state index contributed by atoms with van der Waals surface area (Å²) in [7, 11) is 0. The van der Waals surface area contributed by atoms with Crippen LogP contribution in [0.15, 0.2) is 0 Å². The van der Waals surface area contributed by atoms with Gasteiger partial charge in [-0.3, -0.25) is 4.90 Å². The first-order chi connectivity index (χ1) is 7.81. The van der Waals surface area contributed by atoms with Crippen LogP contribution < -0.4 is 5.32 Å². The highest BCUT2D eigenvalue weighted by molar-refractivity contribution is 4.92. The molecule has 0 amide bonds. The van der Waals surface area contributed by atoms with Crippen LogP contribution in [-0.4, -0.2) is 36.1 Å². The molecule has 0 spiro atoms. The summed E-state index contributed by atoms with van der Waals surface area (Å²) in [6.07, 6.45) is 10.2. The van der Waals surface area contributed by atoms with Crippen LogP contribution in [-0.2, 0) is 0 Å². The van der Waals surface area contributed by atoms with Gasteiger partial charge >= 0.3 is 0 Å². The van der Waals surface area contributed by atoms with Gasteiger partial charge in [-0.1, -0.05) is 19.3 Å². The van der Waals surface area contributed by atoms with Crippen LogP contribution in [0.1, 0.15) is 51.9 Å². The molecule has 1 aliphatic heterocycles. The zero-order valence-corrected chi connectivity index (χ0v) is 10.6. The number of hydrogen-bond acceptors (Lipinski definition) is 2. The predicted molar refractivity (Wildman–Crippen MR) is 67.6 cm³/mol. The number of hydrogen-bond donors (Lipinski definition) is 1. The number of nitrogens with one attached hydrogen (secondary N) is 1. The summed E-state index contributed by atoms with van der Waals surface area (Å²) in [6.45, 7) is 5.05. The lowest BCUT2D eigenvalue weighted by Gasteiger charge is -2.30. The maximum Gasteiger partial charge on any atom is 0.0209 e. The second kappa shape index (κ2) is 4.66. The predicted octanol–water partition coefficient (Wildman–Crippen LogP) is 2.39. The molecule has 0 bridgehead atoms. The molecule has 0 radical (unpaired) electrons. The van der Waals surface area contributed by atoms with Crippen LogP contribution in [0, 0.1) is 5.92 Å². The first-order valence-electron chi connectivity index (χ1n) is 7.31. The average Bonchev–Trinajstić information content (AvgIpc) is 2.95. The molecule has 0 aromatic carbocycles. The highest BCUT2D eigenvalue weighted by atomic mass is 15.2. The molecule has 0 aromatic heterocycles. The highest BCUT2D eigenvalue weighted by Gasteiger charge is 2.34. The summed E-state index contributed by atoms with van der Waals surface area (Å²) in [6, 6.07) is 2.50. The summed E-state index contributed by atoms with van der Waals surface area (Å²) in [5.74, 6) is 1.04. The molecule has 1 N–H and O–H groups in total. The zero-order chi connectivity index (χ0) is 11.0. The van der Waals surface area contributed by atoms with E-state index in [0.29, 0.717) is 0 Å². The molecule has 2 unspecified atom stereocenters. The minimum Gasteiger partial charge on any atom is -0.310 e. The standard InChI is InChI=1S/C14H26N2/c1-11(9-12-3-2-4-12)15-13-7-8-16(10-13)14-5-6-14/h11-15H,2-10H2,1H3. The van der Waals surface area contributed by atoms with Crippen molar-refractivity contribution >= 4 is 0 Å². The van der Waals surface area contributed by atoms with Crippen LogP contribution in [0.3, 0.4) is 0 Å². The van der Waals surface area contributed by atoms with Gasteiger partial charge in [-0.25, -0.2) is 0 Å². The lowest BCUT2D eigenvalue weighted by molar-refractivity contribution is 0.254. The second-order valence-corrected chi connectivity index (χ2v) is 6.31. The lowest BCUT2D eigenvalue weighted by Crippen LogP contribution is -2.40. The van der Waals surface area contributed by atoms with E-state index in [1.165, 1.54) is 58.0 Å². The van der Waals surface area contributed by atoms with Crippen molar-refractivity contribution in [2.45, 2.75) is 70.0 Å². The van der Waals surface area contributed by atoms with Gasteiger partial charge in [-0.15, -0.1) is 0 Å². The van der Waals surface area contributed by atoms with Crippen LogP contribution in [0.4, 0.5) is 0 Å².